The Morgan fingerprint density at radius 3 is 1.92 bits per heavy atom. The summed E-state index contributed by atoms with van der Waals surface area (Å²) < 4.78 is 38.4. The van der Waals surface area contributed by atoms with Gasteiger partial charge in [-0.05, 0) is 127 Å². The maximum absolute atomic E-state index is 16.1. The summed E-state index contributed by atoms with van der Waals surface area (Å²) in [5.41, 5.74) is 7.91. The number of carboxylic acid groups (broad SMARTS) is 1. The molecule has 11 bridgehead atoms. The molecular weight excluding hydrogens is 1390 g/mol. The standard InChI is InChI=1S/C67H75Cl2N9O24/c1-23(2)12-36(72-5)58(87)77-49-51(82)26-7-10-38(34(68)14-26)98-40-16-28-17-41(55(40)102-65-56(54(85)53(84)42(22-79)100-65)101-44-21-66(4,71)57(86)24(3)97-44)99-39-11-8-27(15-35(39)69)52(83)50-63(92)76-48(64(93)94)31-18-29(80)19-33-45(31)30-13-25(6-9-32(30)67(33,95)96)46(60(89)78-50)75-61(90)47(28)74-59(88)37(20-43(70)81)73-62(49)91/h6-11,13-19,23-24,36-37,42,44,46-54,56-57,65,72,79-80,82-86,95-96H,12,20-22,71H2,1-5H3,(H2,70,81)(H,73,91)(H,74,88)(H,75,90)(H,76,92)(H,77,87)(H,78,89)(H,93,94)/t24-,36+,37-,42+,44?,46+,47+,48-,49+,50-,51+,52+,53+,54-,56?,57+,65?,66-/m0/s1. The molecule has 8 aliphatic rings. The molecule has 2 fully saturated rings. The molecule has 546 valence electrons. The third-order valence-electron chi connectivity index (χ3n) is 18.6. The molecule has 102 heavy (non-hydrogen) atoms. The van der Waals surface area contributed by atoms with Gasteiger partial charge in [0.1, 0.15) is 78.0 Å². The normalized spacial score (nSPS) is 30.1. The van der Waals surface area contributed by atoms with Crippen LogP contribution in [0.5, 0.6) is 34.5 Å². The summed E-state index contributed by atoms with van der Waals surface area (Å²) in [5, 5.41) is 132. The first-order valence-electron chi connectivity index (χ1n) is 32.1. The van der Waals surface area contributed by atoms with E-state index in [1.54, 1.807) is 0 Å². The third-order valence-corrected chi connectivity index (χ3v) is 19.2. The summed E-state index contributed by atoms with van der Waals surface area (Å²) in [6.45, 7) is 5.67. The maximum Gasteiger partial charge on any atom is 0.330 e. The van der Waals surface area contributed by atoms with Crippen molar-refractivity contribution < 1.29 is 118 Å². The minimum Gasteiger partial charge on any atom is -0.508 e. The first-order chi connectivity index (χ1) is 48.1. The fourth-order valence-electron chi connectivity index (χ4n) is 13.3. The number of fused-ring (bicyclic) bond motifs is 12. The highest BCUT2D eigenvalue weighted by Gasteiger charge is 2.52. The number of phenolic OH excluding ortho intramolecular Hbond substituents is 1. The monoisotopic (exact) mass is 1460 g/mol. The predicted octanol–water partition coefficient (Wildman–Crippen LogP) is -0.806. The van der Waals surface area contributed by atoms with Crippen LogP contribution in [0.4, 0.5) is 0 Å². The lowest BCUT2D eigenvalue weighted by atomic mass is 9.86. The number of aliphatic carboxylic acids is 1. The van der Waals surface area contributed by atoms with Gasteiger partial charge in [-0.15, -0.1) is 0 Å². The SMILES string of the molecule is CN[C@H](CC(C)C)C(=O)N[C@H]1C(=O)N[C@@H](CC(N)=O)C(=O)N[C@H]2C(=O)N[C@H]3C(=O)N[C@H](C(=O)N[C@H](C(=O)O)c4cc(O)cc5c4-c4cc3ccc4C5(O)O)[C@H](O)c3ccc(c(Cl)c3)Oc3cc2cc(c3OC2O[C@H](CO)[C@@H](O)[C@H](O)C2OC2C[C@](C)(N)[C@H](O)[C@H](C)O2)Oc2ccc(cc2Cl)[C@H]1O. The Bertz CT molecular complexity index is 4180. The van der Waals surface area contributed by atoms with Gasteiger partial charge in [0.25, 0.3) is 0 Å². The summed E-state index contributed by atoms with van der Waals surface area (Å²) in [6, 6.07) is 0.0700. The molecule has 21 N–H and O–H groups in total. The van der Waals surface area contributed by atoms with Crippen molar-refractivity contribution >= 4 is 70.5 Å². The largest absolute Gasteiger partial charge is 0.508 e. The number of aliphatic hydroxyl groups excluding tert-OH is 6. The minimum absolute atomic E-state index is 0.0962. The Labute approximate surface area is 589 Å². The van der Waals surface area contributed by atoms with Crippen LogP contribution >= 0.6 is 23.2 Å². The Balaban J connectivity index is 1.16. The number of phenols is 1. The molecule has 7 aliphatic heterocycles. The molecule has 13 rings (SSSR count). The van der Waals surface area contributed by atoms with Gasteiger partial charge >= 0.3 is 5.97 Å². The molecule has 2 saturated heterocycles. The van der Waals surface area contributed by atoms with Crippen LogP contribution < -0.4 is 62.9 Å². The van der Waals surface area contributed by atoms with Crippen LogP contribution in [-0.4, -0.2) is 191 Å². The maximum atomic E-state index is 16.1. The number of amides is 7. The number of carbonyl (C=O) groups is 8. The van der Waals surface area contributed by atoms with E-state index < -0.39 is 226 Å². The summed E-state index contributed by atoms with van der Waals surface area (Å²) in [6.07, 6.45) is -18.5. The van der Waals surface area contributed by atoms with Crippen molar-refractivity contribution in [3.05, 3.63) is 128 Å². The zero-order valence-corrected chi connectivity index (χ0v) is 56.3. The van der Waals surface area contributed by atoms with Gasteiger partial charge in [-0.3, -0.25) is 33.6 Å². The van der Waals surface area contributed by atoms with Crippen LogP contribution in [0, 0.1) is 5.92 Å². The van der Waals surface area contributed by atoms with Crippen molar-refractivity contribution in [2.75, 3.05) is 13.7 Å². The summed E-state index contributed by atoms with van der Waals surface area (Å²) in [4.78, 5) is 117. The highest BCUT2D eigenvalue weighted by Crippen LogP contribution is 2.53. The van der Waals surface area contributed by atoms with Crippen LogP contribution in [-0.2, 0) is 58.4 Å². The van der Waals surface area contributed by atoms with E-state index in [1.165, 1.54) is 33.0 Å². The molecule has 7 amide bonds. The number of aliphatic hydroxyl groups is 8. The molecule has 0 radical (unpaired) electrons. The van der Waals surface area contributed by atoms with Crippen LogP contribution in [0.3, 0.4) is 0 Å². The van der Waals surface area contributed by atoms with E-state index >= 15 is 14.4 Å². The average molecular weight is 1460 g/mol. The number of carboxylic acids is 1. The third kappa shape index (κ3) is 14.6. The Morgan fingerprint density at radius 1 is 0.725 bits per heavy atom. The second kappa shape index (κ2) is 29.1. The van der Waals surface area contributed by atoms with Crippen LogP contribution in [0.1, 0.15) is 116 Å². The van der Waals surface area contributed by atoms with Crippen LogP contribution in [0.25, 0.3) is 11.1 Å². The zero-order valence-electron chi connectivity index (χ0n) is 54.8. The molecule has 18 atom stereocenters. The van der Waals surface area contributed by atoms with Gasteiger partial charge < -0.3 is 128 Å². The lowest BCUT2D eigenvalue weighted by Gasteiger charge is -2.47. The molecular formula is C67H75Cl2N9O24. The number of aromatic hydroxyl groups is 1. The van der Waals surface area contributed by atoms with Gasteiger partial charge in [0, 0.05) is 23.1 Å². The number of nitrogens with one attached hydrogen (secondary N) is 7. The first kappa shape index (κ1) is 74.3. The smallest absolute Gasteiger partial charge is 0.330 e. The molecule has 7 heterocycles. The molecule has 3 unspecified atom stereocenters. The number of nitrogens with two attached hydrogens (primary N) is 2. The van der Waals surface area contributed by atoms with Gasteiger partial charge in [0.2, 0.25) is 59.2 Å². The number of ether oxygens (including phenoxy) is 6. The zero-order chi connectivity index (χ0) is 74.0. The van der Waals surface area contributed by atoms with E-state index in [0.717, 1.165) is 66.7 Å². The van der Waals surface area contributed by atoms with Crippen molar-refractivity contribution in [2.24, 2.45) is 17.4 Å². The number of hydrogen-bond acceptors (Lipinski definition) is 25. The van der Waals surface area contributed by atoms with Crippen molar-refractivity contribution in [1.29, 1.82) is 0 Å². The van der Waals surface area contributed by atoms with E-state index in [-0.39, 0.29) is 62.9 Å². The Hall–Kier alpha value is -8.88. The molecule has 0 spiro atoms. The van der Waals surface area contributed by atoms with E-state index in [9.17, 15) is 75.0 Å². The van der Waals surface area contributed by atoms with Gasteiger partial charge in [-0.2, -0.15) is 0 Å². The van der Waals surface area contributed by atoms with Gasteiger partial charge in [0.15, 0.2) is 29.9 Å². The fourth-order valence-corrected chi connectivity index (χ4v) is 13.7. The molecule has 0 aromatic heterocycles. The lowest BCUT2D eigenvalue weighted by Crippen LogP contribution is -2.64. The summed E-state index contributed by atoms with van der Waals surface area (Å²) in [7, 11) is 1.48. The van der Waals surface area contributed by atoms with Crippen LogP contribution in [0.15, 0.2) is 78.9 Å². The van der Waals surface area contributed by atoms with Crippen molar-refractivity contribution in [2.45, 2.75) is 162 Å². The quantitative estimate of drug-likeness (QED) is 0.0641. The Kier molecular flexibility index (Phi) is 21.2. The summed E-state index contributed by atoms with van der Waals surface area (Å²) >= 11 is 14.1. The topological polar surface area (TPSA) is 530 Å². The second-order valence-electron chi connectivity index (χ2n) is 26.4. The molecule has 5 aromatic carbocycles. The number of carbonyl (C=O) groups excluding carboxylic acids is 7. The number of likely N-dealkylation sites (N-methyl/N-ethyl adjacent to an activating group) is 1. The molecule has 33 nitrogen and oxygen atoms in total. The number of rotatable bonds is 13. The van der Waals surface area contributed by atoms with Gasteiger partial charge in [0.05, 0.1) is 41.3 Å². The van der Waals surface area contributed by atoms with Crippen molar-refractivity contribution in [1.82, 2.24) is 37.2 Å². The van der Waals surface area contributed by atoms with E-state index in [4.69, 9.17) is 63.1 Å². The lowest BCUT2D eigenvalue weighted by molar-refractivity contribution is -0.333. The average Bonchev–Trinajstić information content (AvgIpc) is 1.61. The van der Waals surface area contributed by atoms with Crippen LogP contribution in [0.2, 0.25) is 10.0 Å². The highest BCUT2D eigenvalue weighted by molar-refractivity contribution is 6.32. The van der Waals surface area contributed by atoms with Crippen molar-refractivity contribution in [3.8, 4) is 45.6 Å². The fraction of sp³-hybridized carbons (Fsp3) is 0.433. The second-order valence-corrected chi connectivity index (χ2v) is 27.3. The molecule has 0 saturated carbocycles. The number of primary amides is 1. The van der Waals surface area contributed by atoms with Crippen molar-refractivity contribution in [3.63, 3.8) is 0 Å². The summed E-state index contributed by atoms with van der Waals surface area (Å²) in [5.74, 6) is -17.2. The number of benzene rings is 5. The molecule has 1 aliphatic carbocycles. The molecule has 5 aromatic rings. The predicted molar refractivity (Wildman–Crippen MR) is 351 cm³/mol. The Morgan fingerprint density at radius 2 is 1.33 bits per heavy atom. The van der Waals surface area contributed by atoms with E-state index in [1.807, 2.05) is 13.8 Å². The first-order valence-corrected chi connectivity index (χ1v) is 32.9. The van der Waals surface area contributed by atoms with E-state index in [2.05, 4.69) is 37.2 Å². The minimum atomic E-state index is -3.02. The number of halogens is 2. The highest BCUT2D eigenvalue weighted by atomic mass is 35.5. The van der Waals surface area contributed by atoms with E-state index in [0.29, 0.717) is 0 Å². The van der Waals surface area contributed by atoms with Gasteiger partial charge in [-0.25, -0.2) is 4.79 Å². The molecule has 35 heteroatoms. The number of hydrogen-bond donors (Lipinski definition) is 19. The van der Waals surface area contributed by atoms with Gasteiger partial charge in [-0.1, -0.05) is 61.3 Å².